The summed E-state index contributed by atoms with van der Waals surface area (Å²) in [5.41, 5.74) is 5.18. The van der Waals surface area contributed by atoms with Crippen LogP contribution in [0.15, 0.2) is 0 Å². The van der Waals surface area contributed by atoms with E-state index in [9.17, 15) is 9.59 Å². The first kappa shape index (κ1) is 27.8. The van der Waals surface area contributed by atoms with E-state index in [0.29, 0.717) is 18.9 Å². The van der Waals surface area contributed by atoms with Gasteiger partial charge < -0.3 is 15.8 Å². The number of nitrogens with one attached hydrogen (secondary N) is 1. The molecule has 0 bridgehead atoms. The van der Waals surface area contributed by atoms with Crippen LogP contribution in [0.5, 0.6) is 0 Å². The van der Waals surface area contributed by atoms with E-state index in [2.05, 4.69) is 15.1 Å². The number of ether oxygens (including phenoxy) is 1. The van der Waals surface area contributed by atoms with Gasteiger partial charge in [0.1, 0.15) is 5.54 Å². The molecule has 0 aromatic rings. The zero-order valence-corrected chi connectivity index (χ0v) is 18.8. The molecule has 0 unspecified atom stereocenters. The number of nitrogens with two attached hydrogens (primary N) is 1. The molecule has 166 valence electrons. The molecule has 3 fully saturated rings. The van der Waals surface area contributed by atoms with Crippen molar-refractivity contribution in [1.82, 2.24) is 15.1 Å². The molecule has 3 aliphatic rings. The topological polar surface area (TPSA) is 87.9 Å². The predicted molar refractivity (Wildman–Crippen MR) is 117 cm³/mol. The maximum atomic E-state index is 12.2. The maximum absolute atomic E-state index is 12.2. The molecule has 3 N–H and O–H groups in total. The average Bonchev–Trinajstić information content (AvgIpc) is 2.63. The Morgan fingerprint density at radius 3 is 2.11 bits per heavy atom. The van der Waals surface area contributed by atoms with E-state index in [-0.39, 0.29) is 43.8 Å². The standard InChI is InChI=1S/C18H32N4O3.3ClH/c19-18(6-2-1-3-7-18)17(24)25-16(23)14-21-10-12-22(13-11-21)15-4-8-20-9-5-15;;;/h15,20H,1-14,19H2;3*1H. The average molecular weight is 462 g/mol. The molecule has 0 spiro atoms. The third-order valence-corrected chi connectivity index (χ3v) is 5.94. The minimum absolute atomic E-state index is 0. The number of piperazine rings is 1. The number of esters is 2. The van der Waals surface area contributed by atoms with Crippen LogP contribution in [0, 0.1) is 0 Å². The number of halogens is 3. The Kier molecular flexibility index (Phi) is 13.1. The van der Waals surface area contributed by atoms with Crippen LogP contribution in [-0.2, 0) is 14.3 Å². The van der Waals surface area contributed by atoms with Crippen LogP contribution in [0.25, 0.3) is 0 Å². The van der Waals surface area contributed by atoms with Gasteiger partial charge in [-0.15, -0.1) is 37.2 Å². The number of carbonyl (C=O) groups is 2. The third kappa shape index (κ3) is 7.59. The molecular weight excluding hydrogens is 427 g/mol. The van der Waals surface area contributed by atoms with Gasteiger partial charge in [-0.3, -0.25) is 14.6 Å². The second kappa shape index (κ2) is 13.2. The van der Waals surface area contributed by atoms with Gasteiger partial charge in [0.05, 0.1) is 6.54 Å². The van der Waals surface area contributed by atoms with Crippen LogP contribution in [0.2, 0.25) is 0 Å². The van der Waals surface area contributed by atoms with E-state index >= 15 is 0 Å². The second-order valence-corrected chi connectivity index (χ2v) is 7.77. The molecule has 2 aliphatic heterocycles. The van der Waals surface area contributed by atoms with Crippen molar-refractivity contribution in [3.63, 3.8) is 0 Å². The van der Waals surface area contributed by atoms with Crippen molar-refractivity contribution in [2.24, 2.45) is 5.73 Å². The summed E-state index contributed by atoms with van der Waals surface area (Å²) in [6.45, 7) is 6.03. The lowest BCUT2D eigenvalue weighted by atomic mass is 9.83. The van der Waals surface area contributed by atoms with Crippen molar-refractivity contribution in [1.29, 1.82) is 0 Å². The van der Waals surface area contributed by atoms with Gasteiger partial charge in [-0.2, -0.15) is 0 Å². The Balaban J connectivity index is 0.00000243. The summed E-state index contributed by atoms with van der Waals surface area (Å²) in [6.07, 6.45) is 6.60. The monoisotopic (exact) mass is 460 g/mol. The molecule has 1 aliphatic carbocycles. The highest BCUT2D eigenvalue weighted by atomic mass is 35.5. The normalized spacial score (nSPS) is 23.5. The fraction of sp³-hybridized carbons (Fsp3) is 0.889. The van der Waals surface area contributed by atoms with Crippen LogP contribution >= 0.6 is 37.2 Å². The van der Waals surface area contributed by atoms with Crippen LogP contribution in [0.1, 0.15) is 44.9 Å². The van der Waals surface area contributed by atoms with E-state index in [0.717, 1.165) is 58.5 Å². The lowest BCUT2D eigenvalue weighted by molar-refractivity contribution is -0.165. The van der Waals surface area contributed by atoms with E-state index in [1.165, 1.54) is 12.8 Å². The highest BCUT2D eigenvalue weighted by Gasteiger charge is 2.38. The number of carbonyl (C=O) groups excluding carboxylic acids is 2. The predicted octanol–water partition coefficient (Wildman–Crippen LogP) is 1.35. The number of rotatable bonds is 4. The van der Waals surface area contributed by atoms with E-state index in [1.807, 2.05) is 0 Å². The van der Waals surface area contributed by atoms with Gasteiger partial charge in [-0.25, -0.2) is 4.79 Å². The van der Waals surface area contributed by atoms with Gasteiger partial charge >= 0.3 is 11.9 Å². The summed E-state index contributed by atoms with van der Waals surface area (Å²) in [4.78, 5) is 29.0. The Morgan fingerprint density at radius 2 is 1.54 bits per heavy atom. The van der Waals surface area contributed by atoms with Crippen LogP contribution < -0.4 is 11.1 Å². The Hall–Kier alpha value is -0.150. The maximum Gasteiger partial charge on any atom is 0.333 e. The summed E-state index contributed by atoms with van der Waals surface area (Å²) in [5.74, 6) is -0.999. The van der Waals surface area contributed by atoms with Gasteiger partial charge in [0.2, 0.25) is 0 Å². The Morgan fingerprint density at radius 1 is 0.964 bits per heavy atom. The first-order chi connectivity index (χ1) is 12.1. The molecule has 7 nitrogen and oxygen atoms in total. The molecular formula is C18H35Cl3N4O3. The third-order valence-electron chi connectivity index (χ3n) is 5.94. The van der Waals surface area contributed by atoms with Crippen molar-refractivity contribution in [2.75, 3.05) is 45.8 Å². The molecule has 0 aromatic heterocycles. The largest absolute Gasteiger partial charge is 0.391 e. The van der Waals surface area contributed by atoms with Crippen molar-refractivity contribution in [3.8, 4) is 0 Å². The molecule has 1 saturated carbocycles. The van der Waals surface area contributed by atoms with E-state index in [4.69, 9.17) is 10.5 Å². The zero-order chi connectivity index (χ0) is 17.7. The van der Waals surface area contributed by atoms with Crippen molar-refractivity contribution in [2.45, 2.75) is 56.5 Å². The number of hydrogen-bond acceptors (Lipinski definition) is 7. The quantitative estimate of drug-likeness (QED) is 0.482. The smallest absolute Gasteiger partial charge is 0.333 e. The molecule has 28 heavy (non-hydrogen) atoms. The SMILES string of the molecule is Cl.Cl.Cl.NC1(C(=O)OC(=O)CN2CCN(C3CCNCC3)CC2)CCCCC1. The molecule has 0 radical (unpaired) electrons. The zero-order valence-electron chi connectivity index (χ0n) is 16.4. The molecule has 3 rings (SSSR count). The molecule has 2 heterocycles. The fourth-order valence-corrected chi connectivity index (χ4v) is 4.27. The lowest BCUT2D eigenvalue weighted by Gasteiger charge is -2.40. The van der Waals surface area contributed by atoms with Crippen molar-refractivity contribution < 1.29 is 14.3 Å². The van der Waals surface area contributed by atoms with Crippen molar-refractivity contribution in [3.05, 3.63) is 0 Å². The lowest BCUT2D eigenvalue weighted by Crippen LogP contribution is -2.54. The first-order valence-corrected chi connectivity index (χ1v) is 9.78. The number of nitrogens with zero attached hydrogens (tertiary/aromatic N) is 2. The van der Waals surface area contributed by atoms with Crippen LogP contribution in [0.4, 0.5) is 0 Å². The highest BCUT2D eigenvalue weighted by molar-refractivity contribution is 5.91. The summed E-state index contributed by atoms with van der Waals surface area (Å²) in [7, 11) is 0. The van der Waals surface area contributed by atoms with Gasteiger partial charge in [0, 0.05) is 32.2 Å². The Bertz CT molecular complexity index is 479. The number of hydrogen-bond donors (Lipinski definition) is 2. The Labute approximate surface area is 186 Å². The summed E-state index contributed by atoms with van der Waals surface area (Å²) >= 11 is 0. The van der Waals surface area contributed by atoms with E-state index < -0.39 is 17.5 Å². The summed E-state index contributed by atoms with van der Waals surface area (Å²) in [5, 5.41) is 3.40. The van der Waals surface area contributed by atoms with Crippen LogP contribution in [-0.4, -0.2) is 79.1 Å². The number of piperidine rings is 1. The minimum Gasteiger partial charge on any atom is -0.391 e. The van der Waals surface area contributed by atoms with Gasteiger partial charge in [-0.05, 0) is 38.8 Å². The van der Waals surface area contributed by atoms with Gasteiger partial charge in [0.15, 0.2) is 0 Å². The highest BCUT2D eigenvalue weighted by Crippen LogP contribution is 2.27. The van der Waals surface area contributed by atoms with Gasteiger partial charge in [-0.1, -0.05) is 19.3 Å². The summed E-state index contributed by atoms with van der Waals surface area (Å²) in [6, 6.07) is 0.667. The molecule has 10 heteroatoms. The first-order valence-electron chi connectivity index (χ1n) is 9.78. The molecule has 0 amide bonds. The molecule has 2 saturated heterocycles. The summed E-state index contributed by atoms with van der Waals surface area (Å²) < 4.78 is 5.07. The second-order valence-electron chi connectivity index (χ2n) is 7.77. The van der Waals surface area contributed by atoms with E-state index in [1.54, 1.807) is 0 Å². The molecule has 0 atom stereocenters. The van der Waals surface area contributed by atoms with Crippen LogP contribution in [0.3, 0.4) is 0 Å². The van der Waals surface area contributed by atoms with Gasteiger partial charge in [0.25, 0.3) is 0 Å². The van der Waals surface area contributed by atoms with Crippen molar-refractivity contribution >= 4 is 49.2 Å². The fourth-order valence-electron chi connectivity index (χ4n) is 4.27. The minimum atomic E-state index is -0.957. The molecule has 0 aromatic carbocycles.